The summed E-state index contributed by atoms with van der Waals surface area (Å²) in [5.74, 6) is 1.91. The standard InChI is InChI=1S/C25H27N5O2S/c1-3-25(24(31)30-7-4-8-30)6-5-17-20(11-25)33-23-21(17)22(27-14-28-23)29-18-9-15-12-26-13-16(15)10-19(18)32-2/h9-10,12,14H,3-8,11,13H2,1-2H3,(H,27,28,29)/t25-/m1/s1. The first-order valence-corrected chi connectivity index (χ1v) is 12.5. The van der Waals surface area contributed by atoms with Crippen molar-refractivity contribution in [3.8, 4) is 5.75 Å². The molecule has 3 aliphatic rings. The molecule has 1 aromatic carbocycles. The molecule has 7 nitrogen and oxygen atoms in total. The van der Waals surface area contributed by atoms with E-state index in [2.05, 4.69) is 33.3 Å². The molecule has 3 aromatic rings. The largest absolute Gasteiger partial charge is 0.495 e. The van der Waals surface area contributed by atoms with Gasteiger partial charge in [-0.25, -0.2) is 9.97 Å². The zero-order valence-corrected chi connectivity index (χ0v) is 19.8. The van der Waals surface area contributed by atoms with Gasteiger partial charge in [0.15, 0.2) is 0 Å². The number of benzene rings is 1. The minimum atomic E-state index is -0.280. The lowest BCUT2D eigenvalue weighted by molar-refractivity contribution is -0.147. The van der Waals surface area contributed by atoms with Crippen molar-refractivity contribution in [2.45, 2.75) is 45.6 Å². The van der Waals surface area contributed by atoms with E-state index in [4.69, 9.17) is 4.74 Å². The number of nitrogens with one attached hydrogen (secondary N) is 1. The molecule has 2 aromatic heterocycles. The van der Waals surface area contributed by atoms with Gasteiger partial charge in [-0.15, -0.1) is 11.3 Å². The quantitative estimate of drug-likeness (QED) is 0.605. The smallest absolute Gasteiger partial charge is 0.229 e. The van der Waals surface area contributed by atoms with Crippen LogP contribution in [0.3, 0.4) is 0 Å². The van der Waals surface area contributed by atoms with Gasteiger partial charge in [0.2, 0.25) is 5.91 Å². The first kappa shape index (κ1) is 20.6. The number of fused-ring (bicyclic) bond motifs is 4. The van der Waals surface area contributed by atoms with Crippen LogP contribution in [-0.4, -0.2) is 47.2 Å². The molecule has 6 rings (SSSR count). The van der Waals surface area contributed by atoms with Gasteiger partial charge in [-0.1, -0.05) is 6.92 Å². The van der Waals surface area contributed by atoms with Crippen molar-refractivity contribution in [1.82, 2.24) is 14.9 Å². The van der Waals surface area contributed by atoms with Crippen molar-refractivity contribution in [3.63, 3.8) is 0 Å². The van der Waals surface area contributed by atoms with Gasteiger partial charge in [0.25, 0.3) is 0 Å². The second-order valence-electron chi connectivity index (χ2n) is 9.21. The average Bonchev–Trinajstić information content (AvgIpc) is 3.40. The Hall–Kier alpha value is -3.00. The van der Waals surface area contributed by atoms with Crippen LogP contribution in [0.1, 0.15) is 47.8 Å². The number of aliphatic imine (C=N–C) groups is 1. The van der Waals surface area contributed by atoms with E-state index < -0.39 is 0 Å². The van der Waals surface area contributed by atoms with E-state index in [1.54, 1.807) is 24.8 Å². The summed E-state index contributed by atoms with van der Waals surface area (Å²) in [5.41, 5.74) is 4.16. The number of aryl methyl sites for hydroxylation is 1. The lowest BCUT2D eigenvalue weighted by atomic mass is 9.70. The summed E-state index contributed by atoms with van der Waals surface area (Å²) in [5, 5.41) is 4.60. The number of amides is 1. The van der Waals surface area contributed by atoms with Crippen molar-refractivity contribution < 1.29 is 9.53 Å². The number of aromatic nitrogens is 2. The van der Waals surface area contributed by atoms with Gasteiger partial charge >= 0.3 is 0 Å². The molecule has 0 bridgehead atoms. The van der Waals surface area contributed by atoms with Gasteiger partial charge in [-0.3, -0.25) is 9.79 Å². The number of thiophene rings is 1. The maximum absolute atomic E-state index is 13.3. The maximum Gasteiger partial charge on any atom is 0.229 e. The van der Waals surface area contributed by atoms with Gasteiger partial charge in [0, 0.05) is 24.2 Å². The highest BCUT2D eigenvalue weighted by Gasteiger charge is 2.44. The molecule has 33 heavy (non-hydrogen) atoms. The molecule has 4 heterocycles. The molecule has 170 valence electrons. The molecular formula is C25H27N5O2S. The number of carbonyl (C=O) groups is 1. The van der Waals surface area contributed by atoms with E-state index >= 15 is 0 Å². The van der Waals surface area contributed by atoms with Gasteiger partial charge in [0.05, 0.1) is 30.1 Å². The van der Waals surface area contributed by atoms with Gasteiger partial charge < -0.3 is 15.0 Å². The summed E-state index contributed by atoms with van der Waals surface area (Å²) in [6, 6.07) is 4.12. The predicted octanol–water partition coefficient (Wildman–Crippen LogP) is 4.49. The number of anilines is 2. The molecule has 0 radical (unpaired) electrons. The van der Waals surface area contributed by atoms with Crippen LogP contribution in [0.5, 0.6) is 5.75 Å². The van der Waals surface area contributed by atoms with Crippen LogP contribution in [-0.2, 0) is 24.2 Å². The zero-order valence-electron chi connectivity index (χ0n) is 19.0. The van der Waals surface area contributed by atoms with Crippen molar-refractivity contribution in [3.05, 3.63) is 40.0 Å². The van der Waals surface area contributed by atoms with Crippen LogP contribution < -0.4 is 10.1 Å². The van der Waals surface area contributed by atoms with E-state index in [9.17, 15) is 4.79 Å². The minimum Gasteiger partial charge on any atom is -0.495 e. The number of ether oxygens (including phenoxy) is 1. The second kappa shape index (κ2) is 7.80. The van der Waals surface area contributed by atoms with Crippen LogP contribution >= 0.6 is 11.3 Å². The highest BCUT2D eigenvalue weighted by atomic mass is 32.1. The number of hydrogen-bond acceptors (Lipinski definition) is 7. The Kier molecular flexibility index (Phi) is 4.87. The Morgan fingerprint density at radius 3 is 2.94 bits per heavy atom. The Bertz CT molecular complexity index is 1300. The molecule has 1 aliphatic carbocycles. The third-order valence-corrected chi connectivity index (χ3v) is 8.64. The minimum absolute atomic E-state index is 0.280. The van der Waals surface area contributed by atoms with Gasteiger partial charge in [-0.05, 0) is 60.9 Å². The van der Waals surface area contributed by atoms with E-state index in [-0.39, 0.29) is 5.41 Å². The fourth-order valence-electron chi connectivity index (χ4n) is 5.32. The number of likely N-dealkylation sites (tertiary alicyclic amines) is 1. The van der Waals surface area contributed by atoms with Gasteiger partial charge in [0.1, 0.15) is 22.7 Å². The summed E-state index contributed by atoms with van der Waals surface area (Å²) in [7, 11) is 1.68. The van der Waals surface area contributed by atoms with E-state index in [1.807, 2.05) is 17.2 Å². The lowest BCUT2D eigenvalue weighted by Crippen LogP contribution is -2.51. The third kappa shape index (κ3) is 3.22. The first-order valence-electron chi connectivity index (χ1n) is 11.6. The first-order chi connectivity index (χ1) is 16.1. The zero-order chi connectivity index (χ0) is 22.6. The normalized spacial score (nSPS) is 21.0. The number of nitrogens with zero attached hydrogens (tertiary/aromatic N) is 4. The molecule has 1 N–H and O–H groups in total. The molecule has 8 heteroatoms. The van der Waals surface area contributed by atoms with E-state index in [1.165, 1.54) is 16.0 Å². The number of rotatable bonds is 5. The Balaban J connectivity index is 1.38. The molecule has 1 saturated heterocycles. The Morgan fingerprint density at radius 2 is 2.18 bits per heavy atom. The monoisotopic (exact) mass is 461 g/mol. The van der Waals surface area contributed by atoms with E-state index in [0.717, 1.165) is 78.2 Å². The fourth-order valence-corrected chi connectivity index (χ4v) is 6.65. The van der Waals surface area contributed by atoms with Crippen LogP contribution in [0.25, 0.3) is 10.2 Å². The number of hydrogen-bond donors (Lipinski definition) is 1. The predicted molar refractivity (Wildman–Crippen MR) is 131 cm³/mol. The number of methoxy groups -OCH3 is 1. The molecule has 1 atom stereocenters. The van der Waals surface area contributed by atoms with Crippen LogP contribution in [0.2, 0.25) is 0 Å². The van der Waals surface area contributed by atoms with Crippen molar-refractivity contribution in [1.29, 1.82) is 0 Å². The lowest BCUT2D eigenvalue weighted by Gasteiger charge is -2.42. The Morgan fingerprint density at radius 1 is 1.30 bits per heavy atom. The highest BCUT2D eigenvalue weighted by molar-refractivity contribution is 7.19. The summed E-state index contributed by atoms with van der Waals surface area (Å²) >= 11 is 1.71. The van der Waals surface area contributed by atoms with Crippen molar-refractivity contribution >= 4 is 45.2 Å². The summed E-state index contributed by atoms with van der Waals surface area (Å²) in [6.07, 6.45) is 8.08. The molecular weight excluding hydrogens is 434 g/mol. The highest BCUT2D eigenvalue weighted by Crippen LogP contribution is 2.47. The molecule has 1 amide bonds. The molecule has 1 fully saturated rings. The summed E-state index contributed by atoms with van der Waals surface area (Å²) < 4.78 is 5.65. The second-order valence-corrected chi connectivity index (χ2v) is 10.3. The average molecular weight is 462 g/mol. The summed E-state index contributed by atoms with van der Waals surface area (Å²) in [4.78, 5) is 31.2. The SMILES string of the molecule is CC[C@@]1(C(=O)N2CCC2)CCc2c(sc3ncnc(Nc4cc5c(cc4OC)CN=C5)c23)C1. The van der Waals surface area contributed by atoms with Crippen LogP contribution in [0.4, 0.5) is 11.5 Å². The maximum atomic E-state index is 13.3. The van der Waals surface area contributed by atoms with Crippen molar-refractivity contribution in [2.75, 3.05) is 25.5 Å². The van der Waals surface area contributed by atoms with E-state index in [0.29, 0.717) is 12.5 Å². The van der Waals surface area contributed by atoms with Gasteiger partial charge in [-0.2, -0.15) is 0 Å². The molecule has 0 unspecified atom stereocenters. The summed E-state index contributed by atoms with van der Waals surface area (Å²) in [6.45, 7) is 4.67. The van der Waals surface area contributed by atoms with Crippen LogP contribution in [0.15, 0.2) is 23.5 Å². The van der Waals surface area contributed by atoms with Crippen molar-refractivity contribution in [2.24, 2.45) is 10.4 Å². The fraction of sp³-hybridized carbons (Fsp3) is 0.440. The topological polar surface area (TPSA) is 79.7 Å². The molecule has 0 spiro atoms. The van der Waals surface area contributed by atoms with Crippen LogP contribution in [0, 0.1) is 5.41 Å². The molecule has 2 aliphatic heterocycles. The third-order valence-electron chi connectivity index (χ3n) is 7.50. The Labute approximate surface area is 196 Å². The number of carbonyl (C=O) groups excluding carboxylic acids is 1. The molecule has 0 saturated carbocycles.